The number of fused-ring (bicyclic) bond motifs is 1. The van der Waals surface area contributed by atoms with Crippen molar-refractivity contribution in [2.45, 2.75) is 12.8 Å². The van der Waals surface area contributed by atoms with Gasteiger partial charge in [0.25, 0.3) is 5.91 Å². The first-order valence-electron chi connectivity index (χ1n) is 5.57. The number of nitrogen functional groups attached to an aromatic ring is 1. The number of aromatic nitrogens is 1. The maximum Gasteiger partial charge on any atom is 0.263 e. The van der Waals surface area contributed by atoms with Crippen LogP contribution in [0.15, 0.2) is 18.5 Å². The van der Waals surface area contributed by atoms with E-state index in [-0.39, 0.29) is 5.91 Å². The first kappa shape index (κ1) is 12.4. The van der Waals surface area contributed by atoms with Gasteiger partial charge in [0.15, 0.2) is 0 Å². The summed E-state index contributed by atoms with van der Waals surface area (Å²) in [4.78, 5) is 16.5. The number of unbranched alkanes of at least 4 members (excludes halogenated alkanes) is 1. The predicted molar refractivity (Wildman–Crippen MR) is 74.4 cm³/mol. The Morgan fingerprint density at radius 2 is 2.44 bits per heavy atom. The minimum Gasteiger partial charge on any atom is -0.397 e. The Kier molecular flexibility index (Phi) is 3.80. The van der Waals surface area contributed by atoms with E-state index in [2.05, 4.69) is 16.2 Å². The zero-order valence-electron chi connectivity index (χ0n) is 9.77. The van der Waals surface area contributed by atoms with Crippen molar-refractivity contribution in [1.29, 1.82) is 0 Å². The standard InChI is InChI=1S/C13H13N3OS/c1-2-3-4-6-16-13(17)12-11(14)9-5-7-15-8-10(9)18-12/h1,5,7-8H,3-4,6,14H2,(H,16,17). The third-order valence-corrected chi connectivity index (χ3v) is 3.68. The number of nitrogens with one attached hydrogen (secondary N) is 1. The molecule has 4 nitrogen and oxygen atoms in total. The smallest absolute Gasteiger partial charge is 0.263 e. The van der Waals surface area contributed by atoms with Crippen LogP contribution in [0.5, 0.6) is 0 Å². The van der Waals surface area contributed by atoms with Crippen LogP contribution in [0.2, 0.25) is 0 Å². The lowest BCUT2D eigenvalue weighted by Gasteiger charge is -2.02. The highest BCUT2D eigenvalue weighted by Crippen LogP contribution is 2.32. The number of nitrogens with two attached hydrogens (primary N) is 1. The predicted octanol–water partition coefficient (Wildman–Crippen LogP) is 2.02. The maximum absolute atomic E-state index is 11.9. The number of pyridine rings is 1. The van der Waals surface area contributed by atoms with Gasteiger partial charge in [0.2, 0.25) is 0 Å². The molecule has 3 N–H and O–H groups in total. The fourth-order valence-electron chi connectivity index (χ4n) is 1.61. The van der Waals surface area contributed by atoms with Crippen molar-refractivity contribution < 1.29 is 4.79 Å². The Morgan fingerprint density at radius 1 is 1.61 bits per heavy atom. The van der Waals surface area contributed by atoms with Crippen LogP contribution in [-0.2, 0) is 0 Å². The Hall–Kier alpha value is -2.06. The lowest BCUT2D eigenvalue weighted by atomic mass is 10.2. The summed E-state index contributed by atoms with van der Waals surface area (Å²) < 4.78 is 0.920. The van der Waals surface area contributed by atoms with Gasteiger partial charge in [-0.25, -0.2) is 0 Å². The minimum absolute atomic E-state index is 0.147. The Labute approximate surface area is 109 Å². The summed E-state index contributed by atoms with van der Waals surface area (Å²) in [5.74, 6) is 2.38. The Balaban J connectivity index is 2.13. The monoisotopic (exact) mass is 259 g/mol. The van der Waals surface area contributed by atoms with E-state index >= 15 is 0 Å². The molecule has 0 bridgehead atoms. The average molecular weight is 259 g/mol. The van der Waals surface area contributed by atoms with Crippen LogP contribution in [0.4, 0.5) is 5.69 Å². The molecule has 0 aliphatic rings. The molecule has 0 aromatic carbocycles. The van der Waals surface area contributed by atoms with Gasteiger partial charge in [0.05, 0.1) is 10.4 Å². The summed E-state index contributed by atoms with van der Waals surface area (Å²) in [7, 11) is 0. The van der Waals surface area contributed by atoms with Crippen molar-refractivity contribution in [1.82, 2.24) is 10.3 Å². The summed E-state index contributed by atoms with van der Waals surface area (Å²) in [5.41, 5.74) is 6.48. The van der Waals surface area contributed by atoms with Crippen molar-refractivity contribution >= 4 is 33.0 Å². The van der Waals surface area contributed by atoms with Crippen LogP contribution in [0.1, 0.15) is 22.5 Å². The van der Waals surface area contributed by atoms with E-state index in [4.69, 9.17) is 12.2 Å². The molecule has 0 fully saturated rings. The molecule has 0 radical (unpaired) electrons. The molecule has 18 heavy (non-hydrogen) atoms. The van der Waals surface area contributed by atoms with E-state index < -0.39 is 0 Å². The zero-order valence-corrected chi connectivity index (χ0v) is 10.6. The van der Waals surface area contributed by atoms with Crippen LogP contribution in [0.25, 0.3) is 10.1 Å². The van der Waals surface area contributed by atoms with Crippen molar-refractivity contribution in [2.75, 3.05) is 12.3 Å². The van der Waals surface area contributed by atoms with Gasteiger partial charge in [-0.15, -0.1) is 23.7 Å². The fourth-order valence-corrected chi connectivity index (χ4v) is 2.62. The molecule has 0 saturated heterocycles. The molecule has 0 spiro atoms. The first-order valence-corrected chi connectivity index (χ1v) is 6.39. The number of carbonyl (C=O) groups excluding carboxylic acids is 1. The molecular formula is C13H13N3OS. The molecule has 92 valence electrons. The molecule has 2 aromatic heterocycles. The second-order valence-corrected chi connectivity index (χ2v) is 4.83. The normalized spacial score (nSPS) is 10.2. The van der Waals surface area contributed by atoms with Gasteiger partial charge in [0.1, 0.15) is 4.88 Å². The molecule has 1 amide bonds. The van der Waals surface area contributed by atoms with Gasteiger partial charge in [-0.05, 0) is 12.5 Å². The Bertz CT molecular complexity index is 612. The average Bonchev–Trinajstić information content (AvgIpc) is 2.73. The van der Waals surface area contributed by atoms with Crippen molar-refractivity contribution in [2.24, 2.45) is 0 Å². The van der Waals surface area contributed by atoms with E-state index in [1.54, 1.807) is 12.4 Å². The van der Waals surface area contributed by atoms with E-state index in [1.165, 1.54) is 11.3 Å². The molecule has 0 aliphatic heterocycles. The van der Waals surface area contributed by atoms with Crippen molar-refractivity contribution in [3.05, 3.63) is 23.3 Å². The quantitative estimate of drug-likeness (QED) is 0.652. The lowest BCUT2D eigenvalue weighted by Crippen LogP contribution is -2.24. The van der Waals surface area contributed by atoms with Crippen LogP contribution >= 0.6 is 11.3 Å². The summed E-state index contributed by atoms with van der Waals surface area (Å²) >= 11 is 1.36. The van der Waals surface area contributed by atoms with Gasteiger partial charge < -0.3 is 11.1 Å². The van der Waals surface area contributed by atoms with Crippen LogP contribution in [0, 0.1) is 12.3 Å². The third-order valence-electron chi connectivity index (χ3n) is 2.52. The maximum atomic E-state index is 11.9. The third kappa shape index (κ3) is 2.44. The molecule has 2 rings (SSSR count). The van der Waals surface area contributed by atoms with E-state index in [1.807, 2.05) is 6.07 Å². The molecule has 5 heteroatoms. The second kappa shape index (κ2) is 5.52. The highest BCUT2D eigenvalue weighted by Gasteiger charge is 2.15. The lowest BCUT2D eigenvalue weighted by molar-refractivity contribution is 0.0958. The molecule has 2 heterocycles. The number of terminal acetylenes is 1. The highest BCUT2D eigenvalue weighted by molar-refractivity contribution is 7.21. The summed E-state index contributed by atoms with van der Waals surface area (Å²) in [5, 5.41) is 3.69. The molecular weight excluding hydrogens is 246 g/mol. The summed E-state index contributed by atoms with van der Waals surface area (Å²) in [6.07, 6.45) is 9.96. The van der Waals surface area contributed by atoms with Gasteiger partial charge >= 0.3 is 0 Å². The van der Waals surface area contributed by atoms with Crippen LogP contribution in [-0.4, -0.2) is 17.4 Å². The SMILES string of the molecule is C#CCCCNC(=O)c1sc2cnccc2c1N. The van der Waals surface area contributed by atoms with Crippen LogP contribution < -0.4 is 11.1 Å². The highest BCUT2D eigenvalue weighted by atomic mass is 32.1. The van der Waals surface area contributed by atoms with Crippen molar-refractivity contribution in [3.8, 4) is 12.3 Å². The fraction of sp³-hybridized carbons (Fsp3) is 0.231. The number of nitrogens with zero attached hydrogens (tertiary/aromatic N) is 1. The Morgan fingerprint density at radius 3 is 3.17 bits per heavy atom. The summed E-state index contributed by atoms with van der Waals surface area (Å²) in [6.45, 7) is 0.564. The number of amides is 1. The molecule has 0 saturated carbocycles. The summed E-state index contributed by atoms with van der Waals surface area (Å²) in [6, 6.07) is 1.82. The van der Waals surface area contributed by atoms with Crippen LogP contribution in [0.3, 0.4) is 0 Å². The number of rotatable bonds is 4. The number of carbonyl (C=O) groups is 1. The molecule has 0 unspecified atom stereocenters. The number of hydrogen-bond acceptors (Lipinski definition) is 4. The molecule has 0 aliphatic carbocycles. The van der Waals surface area contributed by atoms with Gasteiger partial charge in [-0.3, -0.25) is 9.78 Å². The van der Waals surface area contributed by atoms with E-state index in [0.717, 1.165) is 16.5 Å². The number of anilines is 1. The molecule has 2 aromatic rings. The van der Waals surface area contributed by atoms with E-state index in [0.29, 0.717) is 23.5 Å². The van der Waals surface area contributed by atoms with Gasteiger partial charge in [0, 0.05) is 30.7 Å². The van der Waals surface area contributed by atoms with Gasteiger partial charge in [-0.1, -0.05) is 0 Å². The second-order valence-electron chi connectivity index (χ2n) is 3.78. The topological polar surface area (TPSA) is 68.0 Å². The van der Waals surface area contributed by atoms with E-state index in [9.17, 15) is 4.79 Å². The van der Waals surface area contributed by atoms with Gasteiger partial charge in [-0.2, -0.15) is 0 Å². The zero-order chi connectivity index (χ0) is 13.0. The number of hydrogen-bond donors (Lipinski definition) is 2. The minimum atomic E-state index is -0.147. The molecule has 0 atom stereocenters. The number of thiophene rings is 1. The largest absolute Gasteiger partial charge is 0.397 e. The first-order chi connectivity index (χ1) is 8.74. The van der Waals surface area contributed by atoms with Crippen molar-refractivity contribution in [3.63, 3.8) is 0 Å².